The summed E-state index contributed by atoms with van der Waals surface area (Å²) in [6.07, 6.45) is 4.86. The van der Waals surface area contributed by atoms with Crippen LogP contribution in [0.15, 0.2) is 23.1 Å². The van der Waals surface area contributed by atoms with Crippen molar-refractivity contribution in [3.05, 3.63) is 28.8 Å². The van der Waals surface area contributed by atoms with Gasteiger partial charge in [0, 0.05) is 10.6 Å². The quantitative estimate of drug-likeness (QED) is 0.414. The minimum Gasteiger partial charge on any atom is -0.465 e. The molecule has 1 unspecified atom stereocenters. The third-order valence-electron chi connectivity index (χ3n) is 3.67. The maximum atomic E-state index is 11.8. The number of nitrogens with zero attached hydrogens (tertiary/aromatic N) is 1. The van der Waals surface area contributed by atoms with Crippen LogP contribution in [0.4, 0.5) is 0 Å². The second kappa shape index (κ2) is 11.4. The Hall–Kier alpha value is -1.18. The van der Waals surface area contributed by atoms with E-state index >= 15 is 0 Å². The summed E-state index contributed by atoms with van der Waals surface area (Å²) in [6, 6.07) is 7.39. The molecule has 0 radical (unpaired) electrons. The molecule has 126 valence electrons. The van der Waals surface area contributed by atoms with Gasteiger partial charge >= 0.3 is 5.97 Å². The highest BCUT2D eigenvalue weighted by Crippen LogP contribution is 2.30. The standard InChI is InChI=1S/C18H24ClNO2S/c1-3-5-7-14(4-2)13-22-17(21)10-11-23-16-9-6-8-15(12-20)18(16)19/h6,8-9,14H,3-5,7,10-11,13H2,1-2H3. The number of carbonyl (C=O) groups is 1. The van der Waals surface area contributed by atoms with Crippen molar-refractivity contribution in [2.24, 2.45) is 5.92 Å². The number of nitriles is 1. The van der Waals surface area contributed by atoms with Crippen molar-refractivity contribution in [3.63, 3.8) is 0 Å². The van der Waals surface area contributed by atoms with Crippen molar-refractivity contribution >= 4 is 29.3 Å². The second-order valence-electron chi connectivity index (χ2n) is 5.43. The van der Waals surface area contributed by atoms with Crippen molar-refractivity contribution in [1.82, 2.24) is 0 Å². The first-order valence-electron chi connectivity index (χ1n) is 8.09. The second-order valence-corrected chi connectivity index (χ2v) is 6.94. The van der Waals surface area contributed by atoms with Crippen molar-refractivity contribution < 1.29 is 9.53 Å². The highest BCUT2D eigenvalue weighted by Gasteiger charge is 2.11. The van der Waals surface area contributed by atoms with Crippen LogP contribution in [0, 0.1) is 17.2 Å². The van der Waals surface area contributed by atoms with Gasteiger partial charge in [0.2, 0.25) is 0 Å². The smallest absolute Gasteiger partial charge is 0.306 e. The van der Waals surface area contributed by atoms with Crippen LogP contribution in [0.25, 0.3) is 0 Å². The van der Waals surface area contributed by atoms with Crippen LogP contribution in [0.1, 0.15) is 51.5 Å². The molecule has 0 amide bonds. The van der Waals surface area contributed by atoms with Gasteiger partial charge in [0.05, 0.1) is 23.6 Å². The van der Waals surface area contributed by atoms with Gasteiger partial charge in [-0.15, -0.1) is 11.8 Å². The van der Waals surface area contributed by atoms with E-state index in [2.05, 4.69) is 19.9 Å². The zero-order valence-corrected chi connectivity index (χ0v) is 15.4. The van der Waals surface area contributed by atoms with Crippen LogP contribution in [-0.4, -0.2) is 18.3 Å². The van der Waals surface area contributed by atoms with Gasteiger partial charge in [0.25, 0.3) is 0 Å². The zero-order valence-electron chi connectivity index (χ0n) is 13.8. The van der Waals surface area contributed by atoms with E-state index in [0.29, 0.717) is 35.3 Å². The topological polar surface area (TPSA) is 50.1 Å². The molecule has 0 aliphatic rings. The average molecular weight is 354 g/mol. The van der Waals surface area contributed by atoms with Crippen molar-refractivity contribution in [2.75, 3.05) is 12.4 Å². The van der Waals surface area contributed by atoms with Crippen LogP contribution < -0.4 is 0 Å². The first-order valence-corrected chi connectivity index (χ1v) is 9.45. The third-order valence-corrected chi connectivity index (χ3v) is 5.25. The number of hydrogen-bond donors (Lipinski definition) is 0. The van der Waals surface area contributed by atoms with E-state index in [-0.39, 0.29) is 5.97 Å². The zero-order chi connectivity index (χ0) is 17.1. The Morgan fingerprint density at radius 2 is 2.22 bits per heavy atom. The number of esters is 1. The fourth-order valence-electron chi connectivity index (χ4n) is 2.13. The molecule has 0 spiro atoms. The molecular formula is C18H24ClNO2S. The van der Waals surface area contributed by atoms with Crippen LogP contribution >= 0.6 is 23.4 Å². The van der Waals surface area contributed by atoms with Gasteiger partial charge < -0.3 is 4.74 Å². The maximum Gasteiger partial charge on any atom is 0.306 e. The fourth-order valence-corrected chi connectivity index (χ4v) is 3.37. The third kappa shape index (κ3) is 7.28. The predicted molar refractivity (Wildman–Crippen MR) is 95.8 cm³/mol. The van der Waals surface area contributed by atoms with E-state index in [0.717, 1.165) is 17.7 Å². The highest BCUT2D eigenvalue weighted by molar-refractivity contribution is 7.99. The number of unbranched alkanes of at least 4 members (excludes halogenated alkanes) is 1. The summed E-state index contributed by atoms with van der Waals surface area (Å²) >= 11 is 7.61. The first-order chi connectivity index (χ1) is 11.1. The number of carbonyl (C=O) groups excluding carboxylic acids is 1. The summed E-state index contributed by atoms with van der Waals surface area (Å²) in [5.41, 5.74) is 0.459. The molecule has 1 rings (SSSR count). The van der Waals surface area contributed by atoms with Gasteiger partial charge in [0.15, 0.2) is 0 Å². The first kappa shape index (κ1) is 19.9. The van der Waals surface area contributed by atoms with E-state index in [4.69, 9.17) is 21.6 Å². The molecule has 0 saturated heterocycles. The van der Waals surface area contributed by atoms with Crippen molar-refractivity contribution in [3.8, 4) is 6.07 Å². The number of halogens is 1. The fraction of sp³-hybridized carbons (Fsp3) is 0.556. The number of benzene rings is 1. The van der Waals surface area contributed by atoms with Crippen molar-refractivity contribution in [1.29, 1.82) is 5.26 Å². The largest absolute Gasteiger partial charge is 0.465 e. The van der Waals surface area contributed by atoms with Gasteiger partial charge in [-0.2, -0.15) is 5.26 Å². The molecule has 0 aromatic heterocycles. The molecule has 1 aromatic rings. The van der Waals surface area contributed by atoms with E-state index in [1.54, 1.807) is 12.1 Å². The lowest BCUT2D eigenvalue weighted by Crippen LogP contribution is -2.14. The molecule has 1 atom stereocenters. The molecule has 5 heteroatoms. The molecule has 0 bridgehead atoms. The van der Waals surface area contributed by atoms with Crippen molar-refractivity contribution in [2.45, 2.75) is 50.8 Å². The van der Waals surface area contributed by atoms with Crippen LogP contribution in [0.5, 0.6) is 0 Å². The van der Waals surface area contributed by atoms with Crippen LogP contribution in [0.2, 0.25) is 5.02 Å². The molecule has 3 nitrogen and oxygen atoms in total. The van der Waals surface area contributed by atoms with Gasteiger partial charge in [-0.05, 0) is 24.5 Å². The van der Waals surface area contributed by atoms with E-state index in [1.807, 2.05) is 6.07 Å². The average Bonchev–Trinajstić information content (AvgIpc) is 2.56. The normalized spacial score (nSPS) is 11.7. The summed E-state index contributed by atoms with van der Waals surface area (Å²) in [7, 11) is 0. The molecule has 0 saturated carbocycles. The Labute approximate surface area is 148 Å². The predicted octanol–water partition coefficient (Wildman–Crippen LogP) is 5.45. The molecule has 0 fully saturated rings. The monoisotopic (exact) mass is 353 g/mol. The number of hydrogen-bond acceptors (Lipinski definition) is 4. The lowest BCUT2D eigenvalue weighted by molar-refractivity contribution is -0.144. The Morgan fingerprint density at radius 3 is 2.87 bits per heavy atom. The summed E-state index contributed by atoms with van der Waals surface area (Å²) < 4.78 is 5.37. The molecule has 0 heterocycles. The number of rotatable bonds is 10. The summed E-state index contributed by atoms with van der Waals surface area (Å²) in [4.78, 5) is 12.6. The summed E-state index contributed by atoms with van der Waals surface area (Å²) in [5, 5.41) is 9.40. The lowest BCUT2D eigenvalue weighted by Gasteiger charge is -2.14. The SMILES string of the molecule is CCCCC(CC)COC(=O)CCSc1cccc(C#N)c1Cl. The van der Waals surface area contributed by atoms with E-state index in [9.17, 15) is 4.79 Å². The minimum atomic E-state index is -0.167. The Bertz CT molecular complexity index is 542. The van der Waals surface area contributed by atoms with E-state index < -0.39 is 0 Å². The molecule has 23 heavy (non-hydrogen) atoms. The van der Waals surface area contributed by atoms with Gasteiger partial charge in [0.1, 0.15) is 6.07 Å². The minimum absolute atomic E-state index is 0.167. The Balaban J connectivity index is 2.33. The number of ether oxygens (including phenoxy) is 1. The van der Waals surface area contributed by atoms with Gasteiger partial charge in [-0.3, -0.25) is 4.79 Å². The Kier molecular flexibility index (Phi) is 9.82. The molecule has 0 aliphatic carbocycles. The number of thioether (sulfide) groups is 1. The van der Waals surface area contributed by atoms with Crippen LogP contribution in [-0.2, 0) is 9.53 Å². The summed E-state index contributed by atoms with van der Waals surface area (Å²) in [6.45, 7) is 4.82. The summed E-state index contributed by atoms with van der Waals surface area (Å²) in [5.74, 6) is 0.896. The molecule has 1 aromatic carbocycles. The maximum absolute atomic E-state index is 11.8. The molecule has 0 N–H and O–H groups in total. The molecular weight excluding hydrogens is 330 g/mol. The highest BCUT2D eigenvalue weighted by atomic mass is 35.5. The van der Waals surface area contributed by atoms with E-state index in [1.165, 1.54) is 24.6 Å². The van der Waals surface area contributed by atoms with Gasteiger partial charge in [-0.1, -0.05) is 50.8 Å². The van der Waals surface area contributed by atoms with Gasteiger partial charge in [-0.25, -0.2) is 0 Å². The van der Waals surface area contributed by atoms with Crippen LogP contribution in [0.3, 0.4) is 0 Å². The molecule has 0 aliphatic heterocycles. The lowest BCUT2D eigenvalue weighted by atomic mass is 10.0. The Morgan fingerprint density at radius 1 is 1.43 bits per heavy atom.